The summed E-state index contributed by atoms with van der Waals surface area (Å²) in [4.78, 5) is 8.89. The first kappa shape index (κ1) is 10.2. The van der Waals surface area contributed by atoms with Gasteiger partial charge in [-0.25, -0.2) is 0 Å². The third-order valence-electron chi connectivity index (χ3n) is 1.58. The maximum atomic E-state index is 12.5. The summed E-state index contributed by atoms with van der Waals surface area (Å²) in [6.45, 7) is 0. The van der Waals surface area contributed by atoms with Crippen LogP contribution in [0.5, 0.6) is 5.75 Å². The van der Waals surface area contributed by atoms with Crippen LogP contribution in [0.25, 0.3) is 6.08 Å². The summed E-state index contributed by atoms with van der Waals surface area (Å²) in [6, 6.07) is 6.25. The highest BCUT2D eigenvalue weighted by Gasteiger charge is 2.07. The van der Waals surface area contributed by atoms with Gasteiger partial charge in [-0.15, -0.1) is 4.39 Å². The van der Waals surface area contributed by atoms with Gasteiger partial charge in [-0.2, -0.15) is 0 Å². The zero-order valence-corrected chi connectivity index (χ0v) is 7.44. The van der Waals surface area contributed by atoms with Crippen molar-refractivity contribution in [2.24, 2.45) is 0 Å². The maximum Gasteiger partial charge on any atom is 0.419 e. The van der Waals surface area contributed by atoms with E-state index in [-0.39, 0.29) is 0 Å². The molecule has 0 spiro atoms. The molecule has 14 heavy (non-hydrogen) atoms. The summed E-state index contributed by atoms with van der Waals surface area (Å²) in [7, 11) is 1.50. The first-order valence-corrected chi connectivity index (χ1v) is 3.79. The van der Waals surface area contributed by atoms with E-state index in [0.717, 1.165) is 6.08 Å². The van der Waals surface area contributed by atoms with Crippen molar-refractivity contribution in [1.82, 2.24) is 0 Å². The molecule has 0 aliphatic carbocycles. The van der Waals surface area contributed by atoms with Crippen molar-refractivity contribution in [2.75, 3.05) is 7.11 Å². The summed E-state index contributed by atoms with van der Waals surface area (Å²) in [5.41, 5.74) is 0.417. The van der Waals surface area contributed by atoms with Gasteiger partial charge in [-0.1, -0.05) is 12.1 Å². The van der Waals surface area contributed by atoms with Crippen molar-refractivity contribution in [3.63, 3.8) is 0 Å². The average Bonchev–Trinajstić information content (AvgIpc) is 2.19. The van der Waals surface area contributed by atoms with Gasteiger partial charge in [-0.05, 0) is 17.7 Å². The number of hydrogen-bond donors (Lipinski definition) is 0. The zero-order chi connectivity index (χ0) is 10.6. The van der Waals surface area contributed by atoms with Crippen LogP contribution in [0.4, 0.5) is 4.39 Å². The Kier molecular flexibility index (Phi) is 3.17. The SMILES string of the molecule is COc1ccc(/C=C(\F)[N+](=O)[O-])cc1. The fraction of sp³-hybridized carbons (Fsp3) is 0.111. The van der Waals surface area contributed by atoms with Crippen LogP contribution < -0.4 is 4.74 Å². The van der Waals surface area contributed by atoms with Gasteiger partial charge in [0.15, 0.2) is 0 Å². The molecule has 0 fully saturated rings. The van der Waals surface area contributed by atoms with Gasteiger partial charge in [0, 0.05) is 0 Å². The van der Waals surface area contributed by atoms with Gasteiger partial charge in [0.25, 0.3) is 0 Å². The Labute approximate surface area is 79.8 Å². The number of nitrogens with zero attached hydrogens (tertiary/aromatic N) is 1. The molecule has 0 aromatic heterocycles. The fourth-order valence-corrected chi connectivity index (χ4v) is 0.890. The van der Waals surface area contributed by atoms with Crippen LogP contribution in [0.15, 0.2) is 30.2 Å². The minimum atomic E-state index is -1.38. The molecule has 0 N–H and O–H groups in total. The summed E-state index contributed by atoms with van der Waals surface area (Å²) in [5.74, 6) is -0.765. The first-order chi connectivity index (χ1) is 6.63. The van der Waals surface area contributed by atoms with Gasteiger partial charge >= 0.3 is 5.95 Å². The van der Waals surface area contributed by atoms with Gasteiger partial charge in [0.2, 0.25) is 0 Å². The molecule has 0 bridgehead atoms. The summed E-state index contributed by atoms with van der Waals surface area (Å²) < 4.78 is 17.4. The van der Waals surface area contributed by atoms with E-state index in [2.05, 4.69) is 0 Å². The van der Waals surface area contributed by atoms with E-state index in [1.165, 1.54) is 19.2 Å². The Morgan fingerprint density at radius 2 is 2.07 bits per heavy atom. The standard InChI is InChI=1S/C9H8FNO3/c1-14-8-4-2-7(3-5-8)6-9(10)11(12)13/h2-6H,1H3/b9-6+. The molecule has 4 nitrogen and oxygen atoms in total. The van der Waals surface area contributed by atoms with E-state index in [1.807, 2.05) is 0 Å². The lowest BCUT2D eigenvalue weighted by molar-refractivity contribution is -0.445. The number of rotatable bonds is 3. The van der Waals surface area contributed by atoms with Crippen molar-refractivity contribution in [2.45, 2.75) is 0 Å². The predicted octanol–water partition coefficient (Wildman–Crippen LogP) is 2.24. The minimum absolute atomic E-state index is 0.417. The number of benzene rings is 1. The molecule has 1 aromatic rings. The Morgan fingerprint density at radius 3 is 2.50 bits per heavy atom. The molecule has 1 rings (SSSR count). The Bertz CT molecular complexity index is 359. The number of nitro groups is 1. The zero-order valence-electron chi connectivity index (χ0n) is 7.44. The molecule has 0 saturated carbocycles. The Morgan fingerprint density at radius 1 is 1.50 bits per heavy atom. The van der Waals surface area contributed by atoms with Crippen LogP contribution in [0.1, 0.15) is 5.56 Å². The smallest absolute Gasteiger partial charge is 0.419 e. The second-order valence-corrected chi connectivity index (χ2v) is 2.50. The molecule has 5 heteroatoms. The molecule has 0 saturated heterocycles. The van der Waals surface area contributed by atoms with Crippen molar-refractivity contribution in [3.05, 3.63) is 45.9 Å². The van der Waals surface area contributed by atoms with Gasteiger partial charge in [0.1, 0.15) is 5.75 Å². The lowest BCUT2D eigenvalue weighted by atomic mass is 10.2. The van der Waals surface area contributed by atoms with Crippen molar-refractivity contribution >= 4 is 6.08 Å². The summed E-state index contributed by atoms with van der Waals surface area (Å²) in [5, 5.41) is 9.96. The molecule has 0 amide bonds. The largest absolute Gasteiger partial charge is 0.497 e. The van der Waals surface area contributed by atoms with Crippen LogP contribution in [0, 0.1) is 10.1 Å². The molecule has 0 unspecified atom stereocenters. The second-order valence-electron chi connectivity index (χ2n) is 2.50. The van der Waals surface area contributed by atoms with E-state index in [0.29, 0.717) is 11.3 Å². The summed E-state index contributed by atoms with van der Waals surface area (Å²) >= 11 is 0. The molecular weight excluding hydrogens is 189 g/mol. The highest BCUT2D eigenvalue weighted by molar-refractivity contribution is 5.50. The molecule has 0 aliphatic heterocycles. The third-order valence-corrected chi connectivity index (χ3v) is 1.58. The third kappa shape index (κ3) is 2.55. The van der Waals surface area contributed by atoms with E-state index < -0.39 is 10.9 Å². The number of ether oxygens (including phenoxy) is 1. The molecule has 74 valence electrons. The quantitative estimate of drug-likeness (QED) is 0.424. The first-order valence-electron chi connectivity index (χ1n) is 3.79. The van der Waals surface area contributed by atoms with Crippen LogP contribution >= 0.6 is 0 Å². The minimum Gasteiger partial charge on any atom is -0.497 e. The topological polar surface area (TPSA) is 52.4 Å². The van der Waals surface area contributed by atoms with E-state index in [4.69, 9.17) is 4.74 Å². The Hall–Kier alpha value is -1.91. The molecular formula is C9H8FNO3. The number of methoxy groups -OCH3 is 1. The predicted molar refractivity (Wildman–Crippen MR) is 49.1 cm³/mol. The molecule has 0 heterocycles. The summed E-state index contributed by atoms with van der Waals surface area (Å²) in [6.07, 6.45) is 0.847. The highest BCUT2D eigenvalue weighted by atomic mass is 19.1. The van der Waals surface area contributed by atoms with Crippen LogP contribution in [0.2, 0.25) is 0 Å². The maximum absolute atomic E-state index is 12.5. The van der Waals surface area contributed by atoms with Gasteiger partial charge in [-0.3, -0.25) is 10.1 Å². The van der Waals surface area contributed by atoms with Gasteiger partial charge < -0.3 is 4.74 Å². The monoisotopic (exact) mass is 197 g/mol. The van der Waals surface area contributed by atoms with Gasteiger partial charge in [0.05, 0.1) is 18.1 Å². The van der Waals surface area contributed by atoms with E-state index in [1.54, 1.807) is 12.1 Å². The van der Waals surface area contributed by atoms with Crippen LogP contribution in [-0.4, -0.2) is 12.0 Å². The molecule has 0 radical (unpaired) electrons. The van der Waals surface area contributed by atoms with Crippen LogP contribution in [0.3, 0.4) is 0 Å². The average molecular weight is 197 g/mol. The second kappa shape index (κ2) is 4.36. The lowest BCUT2D eigenvalue weighted by Crippen LogP contribution is -1.91. The highest BCUT2D eigenvalue weighted by Crippen LogP contribution is 2.14. The molecule has 0 atom stereocenters. The van der Waals surface area contributed by atoms with Crippen molar-refractivity contribution < 1.29 is 14.1 Å². The molecule has 0 aliphatic rings. The lowest BCUT2D eigenvalue weighted by Gasteiger charge is -1.98. The van der Waals surface area contributed by atoms with Crippen molar-refractivity contribution in [3.8, 4) is 5.75 Å². The number of halogens is 1. The molecule has 1 aromatic carbocycles. The van der Waals surface area contributed by atoms with E-state index >= 15 is 0 Å². The number of hydrogen-bond acceptors (Lipinski definition) is 3. The van der Waals surface area contributed by atoms with Crippen molar-refractivity contribution in [1.29, 1.82) is 0 Å². The van der Waals surface area contributed by atoms with Crippen LogP contribution in [-0.2, 0) is 0 Å². The fourth-order valence-electron chi connectivity index (χ4n) is 0.890. The Balaban J connectivity index is 2.88. The van der Waals surface area contributed by atoms with E-state index in [9.17, 15) is 14.5 Å². The normalized spacial score (nSPS) is 11.1.